The Labute approximate surface area is 253 Å². The Hall–Kier alpha value is -4.14. The molecule has 9 heteroatoms. The molecular formula is C34H40N4O5. The predicted molar refractivity (Wildman–Crippen MR) is 163 cm³/mol. The lowest BCUT2D eigenvalue weighted by molar-refractivity contribution is -0.146. The zero-order valence-corrected chi connectivity index (χ0v) is 25.9. The first-order valence-corrected chi connectivity index (χ1v) is 15.0. The van der Waals surface area contributed by atoms with Crippen LogP contribution in [0.2, 0.25) is 0 Å². The van der Waals surface area contributed by atoms with Gasteiger partial charge < -0.3 is 24.0 Å². The molecule has 0 unspecified atom stereocenters. The van der Waals surface area contributed by atoms with Gasteiger partial charge in [0.1, 0.15) is 18.0 Å². The van der Waals surface area contributed by atoms with E-state index in [0.29, 0.717) is 38.1 Å². The molecular weight excluding hydrogens is 544 g/mol. The van der Waals surface area contributed by atoms with E-state index in [4.69, 9.17) is 19.2 Å². The molecule has 0 radical (unpaired) electrons. The van der Waals surface area contributed by atoms with Crippen LogP contribution in [0.5, 0.6) is 5.75 Å². The van der Waals surface area contributed by atoms with E-state index in [2.05, 4.69) is 28.9 Å². The topological polar surface area (TPSA) is 94.1 Å². The zero-order chi connectivity index (χ0) is 30.5. The number of hydrogen-bond acceptors (Lipinski definition) is 8. The molecule has 1 aromatic heterocycles. The lowest BCUT2D eigenvalue weighted by Crippen LogP contribution is -2.40. The molecule has 0 spiro atoms. The molecule has 2 aromatic carbocycles. The molecule has 3 aliphatic rings. The summed E-state index contributed by atoms with van der Waals surface area (Å²) in [5.74, 6) is 1.57. The van der Waals surface area contributed by atoms with E-state index in [1.54, 1.807) is 11.1 Å². The number of methoxy groups -OCH3 is 1. The Kier molecular flexibility index (Phi) is 7.30. The molecule has 9 nitrogen and oxygen atoms in total. The number of esters is 1. The number of aromatic nitrogens is 2. The number of ether oxygens (including phenoxy) is 3. The summed E-state index contributed by atoms with van der Waals surface area (Å²) in [6, 6.07) is 12.2. The van der Waals surface area contributed by atoms with E-state index in [0.717, 1.165) is 53.1 Å². The van der Waals surface area contributed by atoms with Crippen molar-refractivity contribution in [1.82, 2.24) is 14.9 Å². The van der Waals surface area contributed by atoms with Gasteiger partial charge in [0.2, 0.25) is 5.95 Å². The van der Waals surface area contributed by atoms with Crippen molar-refractivity contribution in [1.29, 1.82) is 0 Å². The normalized spacial score (nSPS) is 20.7. The molecule has 2 atom stereocenters. The van der Waals surface area contributed by atoms with Gasteiger partial charge >= 0.3 is 12.1 Å². The highest BCUT2D eigenvalue weighted by atomic mass is 16.6. The summed E-state index contributed by atoms with van der Waals surface area (Å²) in [6.45, 7) is 12.8. The fourth-order valence-electron chi connectivity index (χ4n) is 6.53. The van der Waals surface area contributed by atoms with Gasteiger partial charge in [0.15, 0.2) is 0 Å². The lowest BCUT2D eigenvalue weighted by Gasteiger charge is -2.32. The van der Waals surface area contributed by atoms with E-state index in [9.17, 15) is 9.59 Å². The van der Waals surface area contributed by atoms with Crippen molar-refractivity contribution in [3.05, 3.63) is 70.4 Å². The second-order valence-corrected chi connectivity index (χ2v) is 13.1. The van der Waals surface area contributed by atoms with Crippen LogP contribution in [-0.2, 0) is 33.8 Å². The number of piperidine rings is 1. The summed E-state index contributed by atoms with van der Waals surface area (Å²) in [7, 11) is 1.46. The smallest absolute Gasteiger partial charge is 0.410 e. The molecule has 0 bridgehead atoms. The van der Waals surface area contributed by atoms with Crippen molar-refractivity contribution in [3.63, 3.8) is 0 Å². The molecule has 3 aromatic rings. The number of anilines is 1. The summed E-state index contributed by atoms with van der Waals surface area (Å²) in [5, 5.41) is 0. The molecule has 43 heavy (non-hydrogen) atoms. The molecule has 0 N–H and O–H groups in total. The third-order valence-corrected chi connectivity index (χ3v) is 8.98. The van der Waals surface area contributed by atoms with Gasteiger partial charge in [-0.05, 0) is 93.3 Å². The first-order chi connectivity index (χ1) is 20.5. The highest BCUT2D eigenvalue weighted by Gasteiger charge is 2.66. The van der Waals surface area contributed by atoms with Crippen LogP contribution in [-0.4, -0.2) is 59.3 Å². The molecule has 1 amide bonds. The SMILES string of the molecule is COC(=O)[C@]12C[C@H]1CN(c1nccc(-c3cccc(C)c3OCc3ccc4c(c3C)CCN(C(=O)OC(C)(C)C)C4)n1)C2. The number of carbonyl (C=O) groups excluding carboxylic acids is 2. The molecule has 226 valence electrons. The number of fused-ring (bicyclic) bond motifs is 2. The Bertz CT molecular complexity index is 1580. The lowest BCUT2D eigenvalue weighted by atomic mass is 9.92. The van der Waals surface area contributed by atoms with E-state index in [1.165, 1.54) is 18.2 Å². The minimum absolute atomic E-state index is 0.136. The maximum absolute atomic E-state index is 12.6. The molecule has 2 aliphatic heterocycles. The predicted octanol–water partition coefficient (Wildman–Crippen LogP) is 5.63. The number of hydrogen-bond donors (Lipinski definition) is 0. The van der Waals surface area contributed by atoms with Crippen molar-refractivity contribution in [2.45, 2.75) is 66.2 Å². The van der Waals surface area contributed by atoms with Gasteiger partial charge in [0, 0.05) is 37.9 Å². The number of rotatable bonds is 6. The van der Waals surface area contributed by atoms with Crippen molar-refractivity contribution in [2.75, 3.05) is 31.6 Å². The highest BCUT2D eigenvalue weighted by molar-refractivity contribution is 5.83. The van der Waals surface area contributed by atoms with Gasteiger partial charge in [0.25, 0.3) is 0 Å². The summed E-state index contributed by atoms with van der Waals surface area (Å²) in [5.41, 5.74) is 6.52. The Morgan fingerprint density at radius 1 is 1.12 bits per heavy atom. The van der Waals surface area contributed by atoms with Crippen LogP contribution in [0.3, 0.4) is 0 Å². The van der Waals surface area contributed by atoms with E-state index < -0.39 is 11.0 Å². The average molecular weight is 585 g/mol. The number of benzene rings is 2. The monoisotopic (exact) mass is 584 g/mol. The maximum atomic E-state index is 12.6. The van der Waals surface area contributed by atoms with Crippen LogP contribution in [0.15, 0.2) is 42.6 Å². The van der Waals surface area contributed by atoms with Crippen LogP contribution in [0, 0.1) is 25.2 Å². The molecule has 2 fully saturated rings. The first-order valence-electron chi connectivity index (χ1n) is 15.0. The highest BCUT2D eigenvalue weighted by Crippen LogP contribution is 2.58. The number of para-hydroxylation sites is 1. The van der Waals surface area contributed by atoms with Crippen LogP contribution in [0.4, 0.5) is 10.7 Å². The second kappa shape index (κ2) is 10.8. The van der Waals surface area contributed by atoms with Gasteiger partial charge in [-0.3, -0.25) is 4.79 Å². The summed E-state index contributed by atoms with van der Waals surface area (Å²) in [6.07, 6.45) is 3.15. The Morgan fingerprint density at radius 3 is 2.70 bits per heavy atom. The fraction of sp³-hybridized carbons (Fsp3) is 0.471. The van der Waals surface area contributed by atoms with E-state index in [-0.39, 0.29) is 12.1 Å². The molecule has 1 saturated heterocycles. The summed E-state index contributed by atoms with van der Waals surface area (Å²) < 4.78 is 17.2. The van der Waals surface area contributed by atoms with Crippen molar-refractivity contribution in [3.8, 4) is 17.0 Å². The number of amides is 1. The van der Waals surface area contributed by atoms with Gasteiger partial charge in [-0.2, -0.15) is 0 Å². The van der Waals surface area contributed by atoms with Crippen molar-refractivity contribution in [2.24, 2.45) is 11.3 Å². The Balaban J connectivity index is 1.18. The minimum atomic E-state index is -0.516. The van der Waals surface area contributed by atoms with Crippen LogP contribution < -0.4 is 9.64 Å². The second-order valence-electron chi connectivity index (χ2n) is 13.1. The van der Waals surface area contributed by atoms with E-state index >= 15 is 0 Å². The van der Waals surface area contributed by atoms with Crippen LogP contribution in [0.1, 0.15) is 55.0 Å². The molecule has 6 rings (SSSR count). The average Bonchev–Trinajstić information content (AvgIpc) is 3.55. The zero-order valence-electron chi connectivity index (χ0n) is 25.9. The van der Waals surface area contributed by atoms with Crippen LogP contribution in [0.25, 0.3) is 11.3 Å². The number of carbonyl (C=O) groups is 2. The van der Waals surface area contributed by atoms with Gasteiger partial charge in [-0.25, -0.2) is 14.8 Å². The molecule has 1 saturated carbocycles. The Morgan fingerprint density at radius 2 is 1.93 bits per heavy atom. The first kappa shape index (κ1) is 29.0. The van der Waals surface area contributed by atoms with E-state index in [1.807, 2.05) is 52.0 Å². The van der Waals surface area contributed by atoms with Gasteiger partial charge in [-0.1, -0.05) is 24.3 Å². The summed E-state index contributed by atoms with van der Waals surface area (Å²) >= 11 is 0. The molecule has 1 aliphatic carbocycles. The van der Waals surface area contributed by atoms with Crippen molar-refractivity contribution >= 4 is 18.0 Å². The third kappa shape index (κ3) is 5.53. The van der Waals surface area contributed by atoms with Crippen molar-refractivity contribution < 1.29 is 23.8 Å². The summed E-state index contributed by atoms with van der Waals surface area (Å²) in [4.78, 5) is 38.3. The number of aryl methyl sites for hydroxylation is 1. The van der Waals surface area contributed by atoms with Crippen LogP contribution >= 0.6 is 0 Å². The maximum Gasteiger partial charge on any atom is 0.410 e. The number of nitrogens with zero attached hydrogens (tertiary/aromatic N) is 4. The van der Waals surface area contributed by atoms with Gasteiger partial charge in [-0.15, -0.1) is 0 Å². The van der Waals surface area contributed by atoms with Gasteiger partial charge in [0.05, 0.1) is 18.2 Å². The minimum Gasteiger partial charge on any atom is -0.488 e. The quantitative estimate of drug-likeness (QED) is 0.344. The standard InChI is InChI=1S/C34H40N4O5/c1-21-8-7-9-27(28-12-14-35-31(36-28)38-18-25-16-34(25,20-38)30(39)41-6)29(21)42-19-24-11-10-23-17-37(15-13-26(23)22(24)2)32(40)43-33(3,4)5/h7-12,14,25H,13,15-20H2,1-6H3/t25-,34-/m0/s1. The fourth-order valence-corrected chi connectivity index (χ4v) is 6.53. The largest absolute Gasteiger partial charge is 0.488 e. The third-order valence-electron chi connectivity index (χ3n) is 8.98. The molecule has 3 heterocycles.